The Morgan fingerprint density at radius 1 is 1.17 bits per heavy atom. The van der Waals surface area contributed by atoms with Crippen LogP contribution in [0.2, 0.25) is 0 Å². The fourth-order valence-corrected chi connectivity index (χ4v) is 4.55. The maximum Gasteiger partial charge on any atom is 0.238 e. The molecule has 1 heterocycles. The Bertz CT molecular complexity index is 927. The van der Waals surface area contributed by atoms with Crippen LogP contribution in [-0.4, -0.2) is 46.0 Å². The molecule has 156 valence electrons. The summed E-state index contributed by atoms with van der Waals surface area (Å²) in [5, 5.41) is 8.58. The van der Waals surface area contributed by atoms with Crippen LogP contribution in [0.5, 0.6) is 0 Å². The summed E-state index contributed by atoms with van der Waals surface area (Å²) < 4.78 is 22.7. The Morgan fingerprint density at radius 3 is 2.45 bits per heavy atom. The molecule has 6 nitrogen and oxygen atoms in total. The number of likely N-dealkylation sites (tertiary alicyclic amines) is 1. The first-order valence-electron chi connectivity index (χ1n) is 10.0. The van der Waals surface area contributed by atoms with Crippen molar-refractivity contribution in [2.45, 2.75) is 30.6 Å². The topological polar surface area (TPSA) is 87.8 Å². The number of aliphatic imine (C=N–C) groups is 1. The van der Waals surface area contributed by atoms with Crippen molar-refractivity contribution in [3.8, 4) is 0 Å². The fourth-order valence-electron chi connectivity index (χ4n) is 4.03. The van der Waals surface area contributed by atoms with Crippen molar-refractivity contribution in [2.75, 3.05) is 26.7 Å². The van der Waals surface area contributed by atoms with E-state index in [1.54, 1.807) is 24.3 Å². The second-order valence-electron chi connectivity index (χ2n) is 7.64. The van der Waals surface area contributed by atoms with Crippen LogP contribution in [0.3, 0.4) is 0 Å². The molecule has 0 spiro atoms. The zero-order valence-corrected chi connectivity index (χ0v) is 17.9. The molecule has 0 aromatic heterocycles. The number of piperidine rings is 1. The molecule has 0 aliphatic carbocycles. The van der Waals surface area contributed by atoms with Gasteiger partial charge in [0.05, 0.1) is 4.90 Å². The molecule has 7 heteroatoms. The van der Waals surface area contributed by atoms with Gasteiger partial charge in [0.15, 0.2) is 5.96 Å². The summed E-state index contributed by atoms with van der Waals surface area (Å²) in [4.78, 5) is 6.92. The number of hydrogen-bond donors (Lipinski definition) is 2. The van der Waals surface area contributed by atoms with E-state index in [9.17, 15) is 8.42 Å². The van der Waals surface area contributed by atoms with Crippen LogP contribution in [0, 0.1) is 5.92 Å². The summed E-state index contributed by atoms with van der Waals surface area (Å²) in [7, 11) is -1.83. The van der Waals surface area contributed by atoms with Gasteiger partial charge in [-0.15, -0.1) is 0 Å². The zero-order chi connectivity index (χ0) is 20.9. The number of nitrogens with zero attached hydrogens (tertiary/aromatic N) is 2. The number of rotatable bonds is 5. The molecule has 3 rings (SSSR count). The summed E-state index contributed by atoms with van der Waals surface area (Å²) in [6.07, 6.45) is 1.89. The highest BCUT2D eigenvalue weighted by Gasteiger charge is 2.28. The minimum Gasteiger partial charge on any atom is -0.356 e. The Kier molecular flexibility index (Phi) is 6.92. The first kappa shape index (κ1) is 21.3. The van der Waals surface area contributed by atoms with Crippen molar-refractivity contribution < 1.29 is 8.42 Å². The van der Waals surface area contributed by atoms with Gasteiger partial charge in [0.25, 0.3) is 0 Å². The van der Waals surface area contributed by atoms with Crippen LogP contribution in [0.25, 0.3) is 0 Å². The van der Waals surface area contributed by atoms with Crippen LogP contribution in [0.4, 0.5) is 0 Å². The van der Waals surface area contributed by atoms with Crippen molar-refractivity contribution >= 4 is 16.0 Å². The van der Waals surface area contributed by atoms with E-state index < -0.39 is 10.0 Å². The Balaban J connectivity index is 1.52. The molecule has 1 saturated heterocycles. The van der Waals surface area contributed by atoms with Crippen molar-refractivity contribution in [2.24, 2.45) is 16.0 Å². The molecule has 0 amide bonds. The number of benzene rings is 2. The molecule has 1 aliphatic rings. The summed E-state index contributed by atoms with van der Waals surface area (Å²) in [5.74, 6) is 2.06. The van der Waals surface area contributed by atoms with Gasteiger partial charge in [-0.05, 0) is 47.9 Å². The molecule has 1 fully saturated rings. The number of hydrogen-bond acceptors (Lipinski definition) is 3. The van der Waals surface area contributed by atoms with Crippen molar-refractivity contribution in [3.05, 3.63) is 65.7 Å². The first-order chi connectivity index (χ1) is 13.9. The minimum absolute atomic E-state index is 0.139. The van der Waals surface area contributed by atoms with Gasteiger partial charge < -0.3 is 10.2 Å². The van der Waals surface area contributed by atoms with E-state index in [4.69, 9.17) is 5.14 Å². The van der Waals surface area contributed by atoms with Crippen LogP contribution in [0.15, 0.2) is 64.5 Å². The summed E-state index contributed by atoms with van der Waals surface area (Å²) in [6.45, 7) is 4.99. The molecule has 0 bridgehead atoms. The Hall–Kier alpha value is -2.38. The normalized spacial score (nSPS) is 20.5. The number of primary sulfonamides is 1. The van der Waals surface area contributed by atoms with Gasteiger partial charge in [-0.1, -0.05) is 49.4 Å². The molecular formula is C22H30N4O2S. The van der Waals surface area contributed by atoms with E-state index in [0.717, 1.165) is 44.0 Å². The SMILES string of the molecule is CN=C(NCCc1ccc(S(N)(=O)=O)cc1)N1CCC(c2ccccc2)C(C)C1. The third-order valence-electron chi connectivity index (χ3n) is 5.59. The largest absolute Gasteiger partial charge is 0.356 e. The first-order valence-corrected chi connectivity index (χ1v) is 11.6. The zero-order valence-electron chi connectivity index (χ0n) is 17.1. The number of guanidine groups is 1. The van der Waals surface area contributed by atoms with Crippen LogP contribution in [0.1, 0.15) is 30.4 Å². The van der Waals surface area contributed by atoms with E-state index >= 15 is 0 Å². The van der Waals surface area contributed by atoms with Gasteiger partial charge in [0.2, 0.25) is 10.0 Å². The van der Waals surface area contributed by atoms with Crippen LogP contribution in [-0.2, 0) is 16.4 Å². The molecule has 2 aromatic carbocycles. The Morgan fingerprint density at radius 2 is 1.86 bits per heavy atom. The lowest BCUT2D eigenvalue weighted by molar-refractivity contribution is 0.234. The highest BCUT2D eigenvalue weighted by molar-refractivity contribution is 7.89. The van der Waals surface area contributed by atoms with E-state index in [-0.39, 0.29) is 4.90 Å². The average Bonchev–Trinajstić information content (AvgIpc) is 2.71. The second-order valence-corrected chi connectivity index (χ2v) is 9.20. The lowest BCUT2D eigenvalue weighted by Crippen LogP contribution is -2.48. The number of nitrogens with two attached hydrogens (primary N) is 1. The van der Waals surface area contributed by atoms with Crippen molar-refractivity contribution in [1.29, 1.82) is 0 Å². The predicted octanol–water partition coefficient (Wildman–Crippen LogP) is 2.58. The Labute approximate surface area is 173 Å². The van der Waals surface area contributed by atoms with E-state index in [0.29, 0.717) is 11.8 Å². The maximum atomic E-state index is 11.3. The molecule has 3 N–H and O–H groups in total. The summed E-state index contributed by atoms with van der Waals surface area (Å²) in [6, 6.07) is 17.5. The molecule has 0 radical (unpaired) electrons. The quantitative estimate of drug-likeness (QED) is 0.581. The van der Waals surface area contributed by atoms with E-state index in [2.05, 4.69) is 52.5 Å². The molecular weight excluding hydrogens is 384 g/mol. The van der Waals surface area contributed by atoms with Crippen LogP contribution >= 0.6 is 0 Å². The smallest absolute Gasteiger partial charge is 0.238 e. The summed E-state index contributed by atoms with van der Waals surface area (Å²) >= 11 is 0. The fraction of sp³-hybridized carbons (Fsp3) is 0.409. The van der Waals surface area contributed by atoms with Gasteiger partial charge in [0.1, 0.15) is 0 Å². The van der Waals surface area contributed by atoms with Gasteiger partial charge in [-0.3, -0.25) is 4.99 Å². The molecule has 2 aromatic rings. The maximum absolute atomic E-state index is 11.3. The standard InChI is InChI=1S/C22H30N4O2S/c1-17-16-26(15-13-21(17)19-6-4-3-5-7-19)22(24-2)25-14-12-18-8-10-20(11-9-18)29(23,27)28/h3-11,17,21H,12-16H2,1-2H3,(H,24,25)(H2,23,27,28). The minimum atomic E-state index is -3.64. The molecule has 2 unspecified atom stereocenters. The summed E-state index contributed by atoms with van der Waals surface area (Å²) in [5.41, 5.74) is 2.47. The number of nitrogens with one attached hydrogen (secondary N) is 1. The third-order valence-corrected chi connectivity index (χ3v) is 6.52. The molecule has 1 aliphatic heterocycles. The average molecular weight is 415 g/mol. The number of sulfonamides is 1. The van der Waals surface area contributed by atoms with Crippen LogP contribution < -0.4 is 10.5 Å². The molecule has 0 saturated carbocycles. The monoisotopic (exact) mass is 414 g/mol. The third kappa shape index (κ3) is 5.58. The highest BCUT2D eigenvalue weighted by Crippen LogP contribution is 2.32. The molecule has 2 atom stereocenters. The lowest BCUT2D eigenvalue weighted by atomic mass is 9.82. The van der Waals surface area contributed by atoms with Gasteiger partial charge >= 0.3 is 0 Å². The molecule has 29 heavy (non-hydrogen) atoms. The van der Waals surface area contributed by atoms with Crippen molar-refractivity contribution in [1.82, 2.24) is 10.2 Å². The van der Waals surface area contributed by atoms with Gasteiger partial charge in [-0.2, -0.15) is 0 Å². The van der Waals surface area contributed by atoms with Crippen molar-refractivity contribution in [3.63, 3.8) is 0 Å². The highest BCUT2D eigenvalue weighted by atomic mass is 32.2. The van der Waals surface area contributed by atoms with Gasteiger partial charge in [-0.25, -0.2) is 13.6 Å². The van der Waals surface area contributed by atoms with E-state index in [1.165, 1.54) is 5.56 Å². The predicted molar refractivity (Wildman–Crippen MR) is 117 cm³/mol. The second kappa shape index (κ2) is 9.41. The van der Waals surface area contributed by atoms with Gasteiger partial charge in [0, 0.05) is 26.7 Å². The lowest BCUT2D eigenvalue weighted by Gasteiger charge is -2.39. The van der Waals surface area contributed by atoms with E-state index in [1.807, 2.05) is 7.05 Å².